The number of carbonyl (C=O) groups is 2. The molecule has 5 nitrogen and oxygen atoms in total. The fourth-order valence-corrected chi connectivity index (χ4v) is 4.20. The molecule has 0 bridgehead atoms. The van der Waals surface area contributed by atoms with Crippen molar-refractivity contribution in [1.29, 1.82) is 0 Å². The summed E-state index contributed by atoms with van der Waals surface area (Å²) in [4.78, 5) is 30.7. The van der Waals surface area contributed by atoms with Crippen LogP contribution in [0.5, 0.6) is 0 Å². The maximum atomic E-state index is 13.7. The maximum absolute atomic E-state index is 13.7. The molecule has 1 N–H and O–H groups in total. The number of hydrogen-bond donors (Lipinski definition) is 1. The number of nitrogens with one attached hydrogen (secondary N) is 1. The van der Waals surface area contributed by atoms with Crippen LogP contribution in [0.15, 0.2) is 24.3 Å². The highest BCUT2D eigenvalue weighted by molar-refractivity contribution is 5.95. The molecule has 1 saturated carbocycles. The fraction of sp³-hybridized carbons (Fsp3) is 0.478. The van der Waals surface area contributed by atoms with Gasteiger partial charge in [-0.3, -0.25) is 4.79 Å². The van der Waals surface area contributed by atoms with Crippen molar-refractivity contribution < 1.29 is 18.7 Å². The number of ether oxygens (including phenoxy) is 1. The van der Waals surface area contributed by atoms with Gasteiger partial charge in [0.05, 0.1) is 18.7 Å². The van der Waals surface area contributed by atoms with Gasteiger partial charge < -0.3 is 14.6 Å². The third kappa shape index (κ3) is 4.69. The second-order valence-corrected chi connectivity index (χ2v) is 7.68. The van der Waals surface area contributed by atoms with Gasteiger partial charge in [0.2, 0.25) is 0 Å². The van der Waals surface area contributed by atoms with E-state index in [-0.39, 0.29) is 17.9 Å². The number of rotatable bonds is 6. The highest BCUT2D eigenvalue weighted by atomic mass is 19.1. The molecular weight excluding hydrogens is 371 g/mol. The molecule has 29 heavy (non-hydrogen) atoms. The van der Waals surface area contributed by atoms with Crippen LogP contribution in [0.4, 0.5) is 4.39 Å². The molecule has 2 aromatic rings. The Morgan fingerprint density at radius 1 is 1.21 bits per heavy atom. The molecule has 0 saturated heterocycles. The minimum Gasteiger partial charge on any atom is -0.462 e. The number of amides is 1. The van der Waals surface area contributed by atoms with E-state index in [1.807, 2.05) is 18.7 Å². The molecule has 1 aliphatic rings. The second-order valence-electron chi connectivity index (χ2n) is 7.68. The van der Waals surface area contributed by atoms with Gasteiger partial charge in [0.15, 0.2) is 0 Å². The van der Waals surface area contributed by atoms with Crippen LogP contribution in [0, 0.1) is 19.7 Å². The number of nitrogens with zero attached hydrogens (tertiary/aromatic N) is 1. The van der Waals surface area contributed by atoms with Gasteiger partial charge in [-0.05, 0) is 57.4 Å². The Kier molecular flexibility index (Phi) is 6.72. The molecule has 0 unspecified atom stereocenters. The zero-order valence-electron chi connectivity index (χ0n) is 17.4. The van der Waals surface area contributed by atoms with E-state index in [4.69, 9.17) is 4.74 Å². The summed E-state index contributed by atoms with van der Waals surface area (Å²) < 4.78 is 18.9. The van der Waals surface area contributed by atoms with Crippen molar-refractivity contribution in [2.45, 2.75) is 65.5 Å². The Balaban J connectivity index is 1.92. The molecule has 0 radical (unpaired) electrons. The Morgan fingerprint density at radius 2 is 1.93 bits per heavy atom. The van der Waals surface area contributed by atoms with Crippen LogP contribution >= 0.6 is 0 Å². The van der Waals surface area contributed by atoms with Crippen molar-refractivity contribution in [2.24, 2.45) is 0 Å². The van der Waals surface area contributed by atoms with Crippen molar-refractivity contribution >= 4 is 11.9 Å². The van der Waals surface area contributed by atoms with E-state index < -0.39 is 5.82 Å². The highest BCUT2D eigenvalue weighted by Gasteiger charge is 2.29. The van der Waals surface area contributed by atoms with E-state index in [0.717, 1.165) is 42.6 Å². The van der Waals surface area contributed by atoms with Crippen LogP contribution in [0.3, 0.4) is 0 Å². The molecular formula is C23H29FN2O3. The predicted molar refractivity (Wildman–Crippen MR) is 109 cm³/mol. The second kappa shape index (κ2) is 9.25. The van der Waals surface area contributed by atoms with Gasteiger partial charge in [-0.2, -0.15) is 0 Å². The van der Waals surface area contributed by atoms with E-state index in [0.29, 0.717) is 24.3 Å². The van der Waals surface area contributed by atoms with Gasteiger partial charge in [0.25, 0.3) is 5.91 Å². The summed E-state index contributed by atoms with van der Waals surface area (Å²) >= 11 is 0. The Morgan fingerprint density at radius 3 is 2.59 bits per heavy atom. The SMILES string of the molecule is CCOC(=O)c1c(C)[nH]c(CN(C(=O)c2cccc(F)c2)C2CCCCC2)c1C. The lowest BCUT2D eigenvalue weighted by molar-refractivity contribution is 0.0524. The van der Waals surface area contributed by atoms with Crippen LogP contribution in [0.1, 0.15) is 76.7 Å². The van der Waals surface area contributed by atoms with Crippen LogP contribution in [0.25, 0.3) is 0 Å². The van der Waals surface area contributed by atoms with Crippen LogP contribution in [0.2, 0.25) is 0 Å². The number of benzene rings is 1. The van der Waals surface area contributed by atoms with Gasteiger partial charge in [-0.25, -0.2) is 9.18 Å². The standard InChI is InChI=1S/C23H29FN2O3/c1-4-29-23(28)21-15(2)20(25-16(21)3)14-26(19-11-6-5-7-12-19)22(27)17-9-8-10-18(24)13-17/h8-10,13,19,25H,4-7,11-12,14H2,1-3H3. The molecule has 1 heterocycles. The van der Waals surface area contributed by atoms with Gasteiger partial charge in [-0.1, -0.05) is 25.3 Å². The average Bonchev–Trinajstić information content (AvgIpc) is 2.99. The molecule has 1 aliphatic carbocycles. The van der Waals surface area contributed by atoms with Gasteiger partial charge in [-0.15, -0.1) is 0 Å². The summed E-state index contributed by atoms with van der Waals surface area (Å²) in [7, 11) is 0. The number of aromatic amines is 1. The first-order chi connectivity index (χ1) is 13.9. The molecule has 0 atom stereocenters. The lowest BCUT2D eigenvalue weighted by atomic mass is 9.93. The molecule has 0 spiro atoms. The van der Waals surface area contributed by atoms with Crippen molar-refractivity contribution in [3.8, 4) is 0 Å². The number of carbonyl (C=O) groups excluding carboxylic acids is 2. The quantitative estimate of drug-likeness (QED) is 0.700. The van der Waals surface area contributed by atoms with Crippen LogP contribution in [-0.2, 0) is 11.3 Å². The first-order valence-corrected chi connectivity index (χ1v) is 10.3. The molecule has 156 valence electrons. The summed E-state index contributed by atoms with van der Waals surface area (Å²) in [6.45, 7) is 6.15. The minimum absolute atomic E-state index is 0.105. The smallest absolute Gasteiger partial charge is 0.340 e. The monoisotopic (exact) mass is 400 g/mol. The molecule has 1 aromatic carbocycles. The topological polar surface area (TPSA) is 62.4 Å². The lowest BCUT2D eigenvalue weighted by Crippen LogP contribution is -2.41. The number of halogens is 1. The summed E-state index contributed by atoms with van der Waals surface area (Å²) in [6.07, 6.45) is 5.20. The average molecular weight is 400 g/mol. The van der Waals surface area contributed by atoms with Gasteiger partial charge in [0, 0.05) is 23.0 Å². The van der Waals surface area contributed by atoms with E-state index in [2.05, 4.69) is 4.98 Å². The number of esters is 1. The summed E-state index contributed by atoms with van der Waals surface area (Å²) in [6, 6.07) is 5.94. The zero-order chi connectivity index (χ0) is 21.0. The van der Waals surface area contributed by atoms with Crippen LogP contribution < -0.4 is 0 Å². The first-order valence-electron chi connectivity index (χ1n) is 10.3. The van der Waals surface area contributed by atoms with Crippen molar-refractivity contribution in [3.63, 3.8) is 0 Å². The first kappa shape index (κ1) is 21.1. The van der Waals surface area contributed by atoms with E-state index in [9.17, 15) is 14.0 Å². The highest BCUT2D eigenvalue weighted by Crippen LogP contribution is 2.28. The zero-order valence-corrected chi connectivity index (χ0v) is 17.4. The number of aryl methyl sites for hydroxylation is 1. The van der Waals surface area contributed by atoms with Crippen molar-refractivity contribution in [3.05, 3.63) is 58.2 Å². The molecule has 6 heteroatoms. The maximum Gasteiger partial charge on any atom is 0.340 e. The molecule has 0 aliphatic heterocycles. The normalized spacial score (nSPS) is 14.6. The van der Waals surface area contributed by atoms with Crippen molar-refractivity contribution in [2.75, 3.05) is 6.61 Å². The molecule has 3 rings (SSSR count). The van der Waals surface area contributed by atoms with Gasteiger partial charge in [0.1, 0.15) is 5.82 Å². The van der Waals surface area contributed by atoms with E-state index in [1.165, 1.54) is 18.6 Å². The molecule has 1 aromatic heterocycles. The number of hydrogen-bond acceptors (Lipinski definition) is 3. The summed E-state index contributed by atoms with van der Waals surface area (Å²) in [5.41, 5.74) is 3.23. The Bertz CT molecular complexity index is 884. The number of H-pyrrole nitrogens is 1. The number of aromatic nitrogens is 1. The largest absolute Gasteiger partial charge is 0.462 e. The lowest BCUT2D eigenvalue weighted by Gasteiger charge is -2.34. The van der Waals surface area contributed by atoms with Gasteiger partial charge >= 0.3 is 5.97 Å². The predicted octanol–water partition coefficient (Wildman–Crippen LogP) is 4.92. The van der Waals surface area contributed by atoms with Crippen LogP contribution in [-0.4, -0.2) is 34.4 Å². The van der Waals surface area contributed by atoms with Crippen molar-refractivity contribution in [1.82, 2.24) is 9.88 Å². The third-order valence-electron chi connectivity index (χ3n) is 5.70. The van der Waals surface area contributed by atoms with E-state index >= 15 is 0 Å². The minimum atomic E-state index is -0.420. The fourth-order valence-electron chi connectivity index (χ4n) is 4.20. The Labute approximate surface area is 171 Å². The summed E-state index contributed by atoms with van der Waals surface area (Å²) in [5.74, 6) is -0.956. The Hall–Kier alpha value is -2.63. The summed E-state index contributed by atoms with van der Waals surface area (Å²) in [5, 5.41) is 0. The third-order valence-corrected chi connectivity index (χ3v) is 5.70. The molecule has 1 fully saturated rings. The molecule has 1 amide bonds. The van der Waals surface area contributed by atoms with E-state index in [1.54, 1.807) is 19.1 Å².